The summed E-state index contributed by atoms with van der Waals surface area (Å²) in [5, 5.41) is 2.95. The van der Waals surface area contributed by atoms with Crippen LogP contribution in [0.1, 0.15) is 24.8 Å². The summed E-state index contributed by atoms with van der Waals surface area (Å²) < 4.78 is 3.39. The van der Waals surface area contributed by atoms with Crippen molar-refractivity contribution in [3.05, 3.63) is 64.7 Å². The number of imidazole rings is 1. The molecule has 3 aromatic rings. The number of benzene rings is 1. The maximum absolute atomic E-state index is 12.9. The summed E-state index contributed by atoms with van der Waals surface area (Å²) in [6, 6.07) is 13.7. The third-order valence-electron chi connectivity index (χ3n) is 5.07. The number of nitrogens with zero attached hydrogens (tertiary/aromatic N) is 3. The second-order valence-electron chi connectivity index (χ2n) is 6.77. The molecule has 2 aromatic heterocycles. The van der Waals surface area contributed by atoms with Crippen LogP contribution in [0.15, 0.2) is 53.5 Å². The lowest BCUT2D eigenvalue weighted by molar-refractivity contribution is -0.127. The van der Waals surface area contributed by atoms with Crippen molar-refractivity contribution in [2.45, 2.75) is 32.4 Å². The van der Waals surface area contributed by atoms with E-state index in [2.05, 4.69) is 10.3 Å². The molecule has 134 valence electrons. The molecule has 1 aromatic carbocycles. The molecule has 1 amide bonds. The monoisotopic (exact) mass is 350 g/mol. The molecule has 0 bridgehead atoms. The van der Waals surface area contributed by atoms with Crippen LogP contribution in [0.3, 0.4) is 0 Å². The van der Waals surface area contributed by atoms with Crippen LogP contribution in [-0.2, 0) is 17.9 Å². The van der Waals surface area contributed by atoms with Crippen LogP contribution in [0, 0.1) is 5.92 Å². The molecule has 0 saturated heterocycles. The Morgan fingerprint density at radius 3 is 2.65 bits per heavy atom. The number of rotatable bonds is 6. The first-order valence-corrected chi connectivity index (χ1v) is 9.10. The molecule has 0 radical (unpaired) electrons. The minimum absolute atomic E-state index is 0.0968. The fraction of sp³-hybridized carbons (Fsp3) is 0.350. The predicted octanol–water partition coefficient (Wildman–Crippen LogP) is 2.16. The van der Waals surface area contributed by atoms with Gasteiger partial charge in [0.1, 0.15) is 0 Å². The number of fused-ring (bicyclic) bond motifs is 1. The molecule has 6 nitrogen and oxygen atoms in total. The summed E-state index contributed by atoms with van der Waals surface area (Å²) in [6.07, 6.45) is 4.78. The molecule has 0 atom stereocenters. The van der Waals surface area contributed by atoms with Gasteiger partial charge in [-0.15, -0.1) is 0 Å². The number of nitrogens with one attached hydrogen (secondary N) is 1. The minimum atomic E-state index is -0.0968. The summed E-state index contributed by atoms with van der Waals surface area (Å²) in [5.41, 5.74) is 2.44. The predicted molar refractivity (Wildman–Crippen MR) is 99.9 cm³/mol. The lowest BCUT2D eigenvalue weighted by atomic mass is 9.85. The van der Waals surface area contributed by atoms with Gasteiger partial charge in [0, 0.05) is 25.2 Å². The maximum atomic E-state index is 12.9. The number of pyridine rings is 1. The number of hydrogen-bond acceptors (Lipinski definition) is 3. The Morgan fingerprint density at radius 2 is 1.92 bits per heavy atom. The van der Waals surface area contributed by atoms with E-state index in [-0.39, 0.29) is 17.5 Å². The molecule has 0 unspecified atom stereocenters. The fourth-order valence-corrected chi connectivity index (χ4v) is 3.37. The van der Waals surface area contributed by atoms with E-state index in [1.165, 1.54) is 0 Å². The van der Waals surface area contributed by atoms with Crippen LogP contribution in [0.5, 0.6) is 0 Å². The summed E-state index contributed by atoms with van der Waals surface area (Å²) in [4.78, 5) is 29.3. The standard InChI is InChI=1S/C20H22N4O2/c25-19(16-8-4-9-16)22-12-13-23-18-17(10-5-11-21-18)24(20(23)26)14-15-6-2-1-3-7-15/h1-3,5-7,10-11,16H,4,8-9,12-14H2,(H,22,25). The number of amides is 1. The third kappa shape index (κ3) is 3.14. The van der Waals surface area contributed by atoms with Gasteiger partial charge in [-0.25, -0.2) is 9.78 Å². The average molecular weight is 350 g/mol. The number of carbonyl (C=O) groups is 1. The van der Waals surface area contributed by atoms with Gasteiger partial charge in [-0.1, -0.05) is 36.8 Å². The maximum Gasteiger partial charge on any atom is 0.330 e. The van der Waals surface area contributed by atoms with Crippen molar-refractivity contribution in [3.63, 3.8) is 0 Å². The van der Waals surface area contributed by atoms with Gasteiger partial charge in [0.15, 0.2) is 5.65 Å². The Bertz CT molecular complexity index is 970. The van der Waals surface area contributed by atoms with E-state index < -0.39 is 0 Å². The zero-order valence-electron chi connectivity index (χ0n) is 14.6. The van der Waals surface area contributed by atoms with Gasteiger partial charge in [-0.05, 0) is 30.5 Å². The van der Waals surface area contributed by atoms with E-state index in [1.807, 2.05) is 42.5 Å². The molecule has 6 heteroatoms. The van der Waals surface area contributed by atoms with Crippen molar-refractivity contribution in [2.24, 2.45) is 5.92 Å². The van der Waals surface area contributed by atoms with Crippen molar-refractivity contribution in [1.29, 1.82) is 0 Å². The van der Waals surface area contributed by atoms with Gasteiger partial charge in [0.05, 0.1) is 12.1 Å². The van der Waals surface area contributed by atoms with Crippen molar-refractivity contribution < 1.29 is 4.79 Å². The Kier molecular flexibility index (Phi) is 4.56. The minimum Gasteiger partial charge on any atom is -0.354 e. The normalized spacial score (nSPS) is 14.3. The fourth-order valence-electron chi connectivity index (χ4n) is 3.37. The van der Waals surface area contributed by atoms with Crippen molar-refractivity contribution >= 4 is 17.1 Å². The first kappa shape index (κ1) is 16.6. The van der Waals surface area contributed by atoms with Crippen molar-refractivity contribution in [3.8, 4) is 0 Å². The molecule has 26 heavy (non-hydrogen) atoms. The summed E-state index contributed by atoms with van der Waals surface area (Å²) in [6.45, 7) is 1.37. The van der Waals surface area contributed by atoms with E-state index in [1.54, 1.807) is 15.3 Å². The molecular formula is C20H22N4O2. The molecule has 4 rings (SSSR count). The Morgan fingerprint density at radius 1 is 1.12 bits per heavy atom. The molecule has 1 saturated carbocycles. The van der Waals surface area contributed by atoms with E-state index >= 15 is 0 Å². The second kappa shape index (κ2) is 7.15. The van der Waals surface area contributed by atoms with Crippen molar-refractivity contribution in [1.82, 2.24) is 19.4 Å². The van der Waals surface area contributed by atoms with Gasteiger partial charge in [0.25, 0.3) is 0 Å². The largest absolute Gasteiger partial charge is 0.354 e. The summed E-state index contributed by atoms with van der Waals surface area (Å²) in [5.74, 6) is 0.259. The number of carbonyl (C=O) groups excluding carboxylic acids is 1. The lowest BCUT2D eigenvalue weighted by Gasteiger charge is -2.23. The molecule has 1 aliphatic rings. The van der Waals surface area contributed by atoms with Gasteiger partial charge in [0.2, 0.25) is 5.91 Å². The lowest BCUT2D eigenvalue weighted by Crippen LogP contribution is -2.37. The van der Waals surface area contributed by atoms with Gasteiger partial charge in [-0.2, -0.15) is 0 Å². The van der Waals surface area contributed by atoms with Gasteiger partial charge < -0.3 is 5.32 Å². The number of aromatic nitrogens is 3. The molecule has 1 N–H and O–H groups in total. The summed E-state index contributed by atoms with van der Waals surface area (Å²) in [7, 11) is 0. The van der Waals surface area contributed by atoms with Gasteiger partial charge in [-0.3, -0.25) is 13.9 Å². The first-order chi connectivity index (χ1) is 12.7. The van der Waals surface area contributed by atoms with Gasteiger partial charge >= 0.3 is 5.69 Å². The highest BCUT2D eigenvalue weighted by Gasteiger charge is 2.24. The quantitative estimate of drug-likeness (QED) is 0.741. The molecule has 1 aliphatic carbocycles. The second-order valence-corrected chi connectivity index (χ2v) is 6.77. The van der Waals surface area contributed by atoms with Crippen LogP contribution in [0.25, 0.3) is 11.2 Å². The van der Waals surface area contributed by atoms with Crippen LogP contribution < -0.4 is 11.0 Å². The highest BCUT2D eigenvalue weighted by molar-refractivity contribution is 5.79. The molecule has 1 fully saturated rings. The zero-order valence-corrected chi connectivity index (χ0v) is 14.6. The molecule has 2 heterocycles. The first-order valence-electron chi connectivity index (χ1n) is 9.10. The van der Waals surface area contributed by atoms with E-state index in [0.29, 0.717) is 25.3 Å². The summed E-state index contributed by atoms with van der Waals surface area (Å²) >= 11 is 0. The Balaban J connectivity index is 1.57. The van der Waals surface area contributed by atoms with Crippen LogP contribution in [0.2, 0.25) is 0 Å². The van der Waals surface area contributed by atoms with Crippen molar-refractivity contribution in [2.75, 3.05) is 6.54 Å². The highest BCUT2D eigenvalue weighted by Crippen LogP contribution is 2.26. The van der Waals surface area contributed by atoms with Crippen LogP contribution in [0.4, 0.5) is 0 Å². The number of hydrogen-bond donors (Lipinski definition) is 1. The smallest absolute Gasteiger partial charge is 0.330 e. The Hall–Kier alpha value is -2.89. The molecule has 0 spiro atoms. The van der Waals surface area contributed by atoms with E-state index in [4.69, 9.17) is 0 Å². The Labute approximate surface area is 151 Å². The van der Waals surface area contributed by atoms with E-state index in [0.717, 1.165) is 30.3 Å². The van der Waals surface area contributed by atoms with Crippen LogP contribution in [-0.4, -0.2) is 26.6 Å². The highest BCUT2D eigenvalue weighted by atomic mass is 16.2. The van der Waals surface area contributed by atoms with E-state index in [9.17, 15) is 9.59 Å². The third-order valence-corrected chi connectivity index (χ3v) is 5.07. The molecule has 0 aliphatic heterocycles. The van der Waals surface area contributed by atoms with Crippen LogP contribution >= 0.6 is 0 Å². The average Bonchev–Trinajstić information content (AvgIpc) is 2.87. The zero-order chi connectivity index (χ0) is 17.9. The topological polar surface area (TPSA) is 68.9 Å². The molecular weight excluding hydrogens is 328 g/mol. The SMILES string of the molecule is O=C(NCCn1c(=O)n(Cc2ccccc2)c2cccnc21)C1CCC1.